The highest BCUT2D eigenvalue weighted by Gasteiger charge is 2.13. The molecule has 1 aromatic carbocycles. The number of aliphatic imine (C=N–C) groups is 1. The van der Waals surface area contributed by atoms with Crippen LogP contribution in [0.1, 0.15) is 31.2 Å². The molecule has 0 aliphatic carbocycles. The van der Waals surface area contributed by atoms with Crippen LogP contribution in [0.25, 0.3) is 0 Å². The Morgan fingerprint density at radius 3 is 2.65 bits per heavy atom. The second-order valence-corrected chi connectivity index (χ2v) is 6.62. The number of nitrogens with zero attached hydrogens (tertiary/aromatic N) is 2. The Morgan fingerprint density at radius 1 is 1.08 bits per heavy atom. The molecule has 1 saturated heterocycles. The number of guanidine groups is 1. The van der Waals surface area contributed by atoms with Gasteiger partial charge >= 0.3 is 0 Å². The van der Waals surface area contributed by atoms with Crippen LogP contribution < -0.4 is 20.1 Å². The molecule has 1 fully saturated rings. The van der Waals surface area contributed by atoms with Crippen LogP contribution in [0.15, 0.2) is 23.2 Å². The van der Waals surface area contributed by atoms with E-state index in [1.165, 1.54) is 50.9 Å². The van der Waals surface area contributed by atoms with Gasteiger partial charge in [-0.1, -0.05) is 6.07 Å². The molecule has 26 heavy (non-hydrogen) atoms. The summed E-state index contributed by atoms with van der Waals surface area (Å²) in [6, 6.07) is 6.12. The third kappa shape index (κ3) is 6.50. The number of benzene rings is 1. The van der Waals surface area contributed by atoms with E-state index < -0.39 is 0 Å². The fourth-order valence-corrected chi connectivity index (χ4v) is 3.32. The lowest BCUT2D eigenvalue weighted by Gasteiger charge is -2.15. The zero-order valence-corrected chi connectivity index (χ0v) is 18.0. The van der Waals surface area contributed by atoms with Gasteiger partial charge in [-0.2, -0.15) is 0 Å². The highest BCUT2D eigenvalue weighted by Crippen LogP contribution is 2.32. The SMILES string of the molecule is CN=C(NCCCCN1CCCC1)NCCc1ccc2c(c1)OCO2.I. The van der Waals surface area contributed by atoms with E-state index >= 15 is 0 Å². The van der Waals surface area contributed by atoms with Crippen molar-refractivity contribution in [3.05, 3.63) is 23.8 Å². The molecular weight excluding hydrogens is 443 g/mol. The first-order valence-corrected chi connectivity index (χ1v) is 9.40. The highest BCUT2D eigenvalue weighted by atomic mass is 127. The molecule has 0 aromatic heterocycles. The van der Waals surface area contributed by atoms with Crippen molar-refractivity contribution in [1.82, 2.24) is 15.5 Å². The Bertz CT molecular complexity index is 577. The summed E-state index contributed by atoms with van der Waals surface area (Å²) < 4.78 is 10.8. The van der Waals surface area contributed by atoms with E-state index in [2.05, 4.69) is 32.7 Å². The van der Waals surface area contributed by atoms with Gasteiger partial charge in [0.15, 0.2) is 17.5 Å². The summed E-state index contributed by atoms with van der Waals surface area (Å²) in [6.07, 6.45) is 6.10. The van der Waals surface area contributed by atoms with Gasteiger partial charge in [0.25, 0.3) is 0 Å². The number of hydrogen-bond donors (Lipinski definition) is 2. The number of ether oxygens (including phenoxy) is 2. The smallest absolute Gasteiger partial charge is 0.231 e. The lowest BCUT2D eigenvalue weighted by molar-refractivity contribution is 0.174. The molecule has 0 saturated carbocycles. The van der Waals surface area contributed by atoms with Gasteiger partial charge in [-0.3, -0.25) is 4.99 Å². The van der Waals surface area contributed by atoms with Gasteiger partial charge in [-0.15, -0.1) is 24.0 Å². The molecule has 146 valence electrons. The predicted octanol–water partition coefficient (Wildman–Crippen LogP) is 2.62. The molecule has 0 spiro atoms. The van der Waals surface area contributed by atoms with Gasteiger partial charge < -0.3 is 25.0 Å². The lowest BCUT2D eigenvalue weighted by Crippen LogP contribution is -2.38. The topological polar surface area (TPSA) is 58.1 Å². The van der Waals surface area contributed by atoms with Crippen LogP contribution in [-0.4, -0.2) is 57.4 Å². The van der Waals surface area contributed by atoms with Crippen LogP contribution in [0, 0.1) is 0 Å². The Labute approximate surface area is 173 Å². The molecular formula is C19H31IN4O2. The number of likely N-dealkylation sites (tertiary alicyclic amines) is 1. The first-order valence-electron chi connectivity index (χ1n) is 9.40. The minimum absolute atomic E-state index is 0. The van der Waals surface area contributed by atoms with E-state index in [1.807, 2.05) is 13.1 Å². The molecule has 0 atom stereocenters. The average Bonchev–Trinajstić information content (AvgIpc) is 3.31. The maximum absolute atomic E-state index is 5.42. The molecule has 6 nitrogen and oxygen atoms in total. The van der Waals surface area contributed by atoms with Gasteiger partial charge in [-0.25, -0.2) is 0 Å². The summed E-state index contributed by atoms with van der Waals surface area (Å²) in [4.78, 5) is 6.86. The largest absolute Gasteiger partial charge is 0.454 e. The van der Waals surface area contributed by atoms with Crippen LogP contribution in [-0.2, 0) is 6.42 Å². The van der Waals surface area contributed by atoms with Crippen LogP contribution >= 0.6 is 24.0 Å². The van der Waals surface area contributed by atoms with Crippen molar-refractivity contribution in [3.63, 3.8) is 0 Å². The standard InChI is InChI=1S/C19H30N4O2.HI/c1-20-19(21-9-2-3-11-23-12-4-5-13-23)22-10-8-16-6-7-17-18(14-16)25-15-24-17;/h6-7,14H,2-5,8-13,15H2,1H3,(H2,20,21,22);1H. The second kappa shape index (κ2) is 11.5. The maximum atomic E-state index is 5.42. The molecule has 2 heterocycles. The summed E-state index contributed by atoms with van der Waals surface area (Å²) in [6.45, 7) is 5.95. The molecule has 1 aromatic rings. The third-order valence-electron chi connectivity index (χ3n) is 4.76. The molecule has 7 heteroatoms. The van der Waals surface area contributed by atoms with Crippen LogP contribution in [0.4, 0.5) is 0 Å². The molecule has 0 unspecified atom stereocenters. The average molecular weight is 474 g/mol. The van der Waals surface area contributed by atoms with Crippen LogP contribution in [0.3, 0.4) is 0 Å². The molecule has 0 amide bonds. The lowest BCUT2D eigenvalue weighted by atomic mass is 10.1. The van der Waals surface area contributed by atoms with Crippen molar-refractivity contribution >= 4 is 29.9 Å². The Hall–Kier alpha value is -1.22. The van der Waals surface area contributed by atoms with Gasteiger partial charge in [0, 0.05) is 20.1 Å². The quantitative estimate of drug-likeness (QED) is 0.263. The summed E-state index contributed by atoms with van der Waals surface area (Å²) in [7, 11) is 1.82. The van der Waals surface area contributed by atoms with Crippen molar-refractivity contribution in [2.24, 2.45) is 4.99 Å². The molecule has 2 aliphatic heterocycles. The second-order valence-electron chi connectivity index (χ2n) is 6.62. The minimum atomic E-state index is 0. The number of halogens is 1. The van der Waals surface area contributed by atoms with Crippen LogP contribution in [0.2, 0.25) is 0 Å². The number of fused-ring (bicyclic) bond motifs is 1. The number of rotatable bonds is 8. The van der Waals surface area contributed by atoms with Crippen LogP contribution in [0.5, 0.6) is 11.5 Å². The normalized spacial score (nSPS) is 16.4. The summed E-state index contributed by atoms with van der Waals surface area (Å²) >= 11 is 0. The number of unbranched alkanes of at least 4 members (excludes halogenated alkanes) is 1. The van der Waals surface area contributed by atoms with Crippen molar-refractivity contribution in [2.45, 2.75) is 32.1 Å². The zero-order chi connectivity index (χ0) is 17.3. The monoisotopic (exact) mass is 474 g/mol. The molecule has 0 radical (unpaired) electrons. The van der Waals surface area contributed by atoms with E-state index in [0.717, 1.165) is 37.0 Å². The number of nitrogens with one attached hydrogen (secondary N) is 2. The fraction of sp³-hybridized carbons (Fsp3) is 0.632. The van der Waals surface area contributed by atoms with E-state index in [4.69, 9.17) is 9.47 Å². The Morgan fingerprint density at radius 2 is 1.85 bits per heavy atom. The molecule has 2 aliphatic rings. The molecule has 0 bridgehead atoms. The molecule has 3 rings (SSSR count). The van der Waals surface area contributed by atoms with E-state index in [0.29, 0.717) is 6.79 Å². The minimum Gasteiger partial charge on any atom is -0.454 e. The van der Waals surface area contributed by atoms with E-state index in [-0.39, 0.29) is 24.0 Å². The fourth-order valence-electron chi connectivity index (χ4n) is 3.32. The van der Waals surface area contributed by atoms with Crippen molar-refractivity contribution in [2.75, 3.05) is 46.6 Å². The third-order valence-corrected chi connectivity index (χ3v) is 4.76. The Kier molecular flexibility index (Phi) is 9.31. The van der Waals surface area contributed by atoms with Gasteiger partial charge in [-0.05, 0) is 69.4 Å². The van der Waals surface area contributed by atoms with E-state index in [1.54, 1.807) is 0 Å². The highest BCUT2D eigenvalue weighted by molar-refractivity contribution is 14.0. The van der Waals surface area contributed by atoms with Gasteiger partial charge in [0.1, 0.15) is 0 Å². The van der Waals surface area contributed by atoms with Gasteiger partial charge in [0.2, 0.25) is 6.79 Å². The molecule has 2 N–H and O–H groups in total. The van der Waals surface area contributed by atoms with Crippen molar-refractivity contribution < 1.29 is 9.47 Å². The summed E-state index contributed by atoms with van der Waals surface area (Å²) in [5, 5.41) is 6.77. The first-order chi connectivity index (χ1) is 12.3. The van der Waals surface area contributed by atoms with Crippen molar-refractivity contribution in [3.8, 4) is 11.5 Å². The predicted molar refractivity (Wildman–Crippen MR) is 116 cm³/mol. The van der Waals surface area contributed by atoms with Gasteiger partial charge in [0.05, 0.1) is 0 Å². The van der Waals surface area contributed by atoms with Crippen molar-refractivity contribution in [1.29, 1.82) is 0 Å². The first kappa shape index (κ1) is 21.1. The maximum Gasteiger partial charge on any atom is 0.231 e. The summed E-state index contributed by atoms with van der Waals surface area (Å²) in [5.74, 6) is 2.56. The van der Waals surface area contributed by atoms with E-state index in [9.17, 15) is 0 Å². The zero-order valence-electron chi connectivity index (χ0n) is 15.6. The number of hydrogen-bond acceptors (Lipinski definition) is 4. The summed E-state index contributed by atoms with van der Waals surface area (Å²) in [5.41, 5.74) is 1.23. The Balaban J connectivity index is 0.00000243.